The Hall–Kier alpha value is -3.61. The summed E-state index contributed by atoms with van der Waals surface area (Å²) in [7, 11) is 0. The first kappa shape index (κ1) is 23.5. The highest BCUT2D eigenvalue weighted by atomic mass is 19.4. The second-order valence-corrected chi connectivity index (χ2v) is 8.50. The van der Waals surface area contributed by atoms with Crippen molar-refractivity contribution in [3.05, 3.63) is 93.8 Å². The summed E-state index contributed by atoms with van der Waals surface area (Å²) in [5.74, 6) is -1.13. The molecule has 1 aromatic heterocycles. The fraction of sp³-hybridized carbons (Fsp3) is 0.259. The maximum atomic E-state index is 13.4. The first-order valence-electron chi connectivity index (χ1n) is 10.9. The predicted octanol–water partition coefficient (Wildman–Crippen LogP) is 5.75. The van der Waals surface area contributed by atoms with Crippen LogP contribution in [0.5, 0.6) is 5.75 Å². The van der Waals surface area contributed by atoms with E-state index >= 15 is 0 Å². The molecule has 1 aliphatic rings. The molecule has 0 radical (unpaired) electrons. The smallest absolute Gasteiger partial charge is 0.416 e. The van der Waals surface area contributed by atoms with E-state index in [9.17, 15) is 23.1 Å². The lowest BCUT2D eigenvalue weighted by molar-refractivity contribution is -0.255. The van der Waals surface area contributed by atoms with Gasteiger partial charge >= 0.3 is 6.18 Å². The standard InChI is InChI=1S/C27H24F3NO3/c1-16-6-9-18(10-7-16)15-34-25-11-8-17(2)12-22(25)20-4-3-5-21(20)23-13-19(27(28,29)30)14-24(31-23)26(32)33/h6-14H,3-5,15H2,1-2H3,(H,32,33)/p-1. The van der Waals surface area contributed by atoms with E-state index in [2.05, 4.69) is 4.98 Å². The lowest BCUT2D eigenvalue weighted by Gasteiger charge is -2.17. The monoisotopic (exact) mass is 466 g/mol. The van der Waals surface area contributed by atoms with E-state index in [4.69, 9.17) is 4.74 Å². The highest BCUT2D eigenvalue weighted by Crippen LogP contribution is 2.43. The minimum Gasteiger partial charge on any atom is -0.543 e. The maximum Gasteiger partial charge on any atom is 0.416 e. The van der Waals surface area contributed by atoms with Gasteiger partial charge in [0.05, 0.1) is 22.9 Å². The molecule has 4 nitrogen and oxygen atoms in total. The van der Waals surface area contributed by atoms with Crippen molar-refractivity contribution in [2.75, 3.05) is 0 Å². The van der Waals surface area contributed by atoms with E-state index in [0.29, 0.717) is 43.3 Å². The molecule has 2 aromatic carbocycles. The molecule has 0 saturated heterocycles. The van der Waals surface area contributed by atoms with Crippen LogP contribution in [0.4, 0.5) is 13.2 Å². The maximum absolute atomic E-state index is 13.4. The van der Waals surface area contributed by atoms with Gasteiger partial charge in [0.15, 0.2) is 0 Å². The number of allylic oxidation sites excluding steroid dienone is 2. The number of aryl methyl sites for hydroxylation is 2. The number of carbonyl (C=O) groups excluding carboxylic acids is 1. The zero-order chi connectivity index (χ0) is 24.5. The van der Waals surface area contributed by atoms with Crippen molar-refractivity contribution in [2.45, 2.75) is 45.9 Å². The molecule has 0 N–H and O–H groups in total. The molecule has 0 fully saturated rings. The molecule has 0 atom stereocenters. The van der Waals surface area contributed by atoms with Gasteiger partial charge in [-0.2, -0.15) is 13.2 Å². The number of nitrogens with zero attached hydrogens (tertiary/aromatic N) is 1. The van der Waals surface area contributed by atoms with Crippen molar-refractivity contribution in [3.8, 4) is 5.75 Å². The van der Waals surface area contributed by atoms with Crippen molar-refractivity contribution < 1.29 is 27.8 Å². The average Bonchev–Trinajstić information content (AvgIpc) is 3.28. The summed E-state index contributed by atoms with van der Waals surface area (Å²) in [6.07, 6.45) is -2.87. The second-order valence-electron chi connectivity index (χ2n) is 8.50. The third kappa shape index (κ3) is 5.14. The first-order valence-corrected chi connectivity index (χ1v) is 10.9. The van der Waals surface area contributed by atoms with Gasteiger partial charge in [0.2, 0.25) is 0 Å². The molecule has 34 heavy (non-hydrogen) atoms. The number of carboxylic acids is 1. The van der Waals surface area contributed by atoms with Crippen LogP contribution in [-0.2, 0) is 12.8 Å². The van der Waals surface area contributed by atoms with Gasteiger partial charge < -0.3 is 14.6 Å². The third-order valence-electron chi connectivity index (χ3n) is 5.86. The summed E-state index contributed by atoms with van der Waals surface area (Å²) in [6, 6.07) is 15.1. The summed E-state index contributed by atoms with van der Waals surface area (Å²) in [5.41, 5.74) is 3.53. The molecule has 0 spiro atoms. The fourth-order valence-electron chi connectivity index (χ4n) is 4.13. The molecule has 7 heteroatoms. The van der Waals surface area contributed by atoms with Crippen molar-refractivity contribution in [1.29, 1.82) is 0 Å². The number of benzene rings is 2. The molecule has 1 aliphatic carbocycles. The van der Waals surface area contributed by atoms with E-state index in [0.717, 1.165) is 33.9 Å². The number of hydrogen-bond acceptors (Lipinski definition) is 4. The van der Waals surface area contributed by atoms with Gasteiger partial charge in [-0.15, -0.1) is 0 Å². The third-order valence-corrected chi connectivity index (χ3v) is 5.86. The largest absolute Gasteiger partial charge is 0.543 e. The second kappa shape index (κ2) is 9.33. The highest BCUT2D eigenvalue weighted by molar-refractivity contribution is 5.94. The van der Waals surface area contributed by atoms with Crippen LogP contribution in [0.1, 0.15) is 63.3 Å². The van der Waals surface area contributed by atoms with Gasteiger partial charge in [-0.05, 0) is 74.1 Å². The molecular formula is C27H23F3NO3-. The number of ether oxygens (including phenoxy) is 1. The van der Waals surface area contributed by atoms with Crippen LogP contribution in [0.15, 0.2) is 54.6 Å². The minimum atomic E-state index is -4.70. The van der Waals surface area contributed by atoms with E-state index in [-0.39, 0.29) is 5.69 Å². The van der Waals surface area contributed by atoms with Crippen LogP contribution in [0.25, 0.3) is 11.1 Å². The molecule has 0 amide bonds. The van der Waals surface area contributed by atoms with Crippen LogP contribution in [0, 0.1) is 13.8 Å². The molecule has 0 unspecified atom stereocenters. The Balaban J connectivity index is 1.77. The zero-order valence-electron chi connectivity index (χ0n) is 18.8. The molecule has 3 aromatic rings. The van der Waals surface area contributed by atoms with Crippen molar-refractivity contribution in [1.82, 2.24) is 4.98 Å². The van der Waals surface area contributed by atoms with Crippen LogP contribution in [-0.4, -0.2) is 11.0 Å². The number of aromatic carboxylic acids is 1. The van der Waals surface area contributed by atoms with E-state index in [1.54, 1.807) is 0 Å². The number of rotatable bonds is 6. The molecule has 176 valence electrons. The van der Waals surface area contributed by atoms with Crippen molar-refractivity contribution in [2.24, 2.45) is 0 Å². The Kier molecular flexibility index (Phi) is 6.46. The lowest BCUT2D eigenvalue weighted by Crippen LogP contribution is -2.25. The molecule has 1 heterocycles. The summed E-state index contributed by atoms with van der Waals surface area (Å²) in [5, 5.41) is 11.4. The fourth-order valence-corrected chi connectivity index (χ4v) is 4.13. The Bertz CT molecular complexity index is 1260. The van der Waals surface area contributed by atoms with E-state index in [1.165, 1.54) is 0 Å². The number of halogens is 3. The lowest BCUT2D eigenvalue weighted by atomic mass is 9.96. The van der Waals surface area contributed by atoms with Gasteiger partial charge in [0, 0.05) is 5.56 Å². The number of carbonyl (C=O) groups is 1. The normalized spacial score (nSPS) is 13.9. The first-order chi connectivity index (χ1) is 16.1. The Morgan fingerprint density at radius 2 is 1.65 bits per heavy atom. The SMILES string of the molecule is Cc1ccc(COc2ccc(C)cc2C2=C(c3cc(C(F)(F)F)cc(C(=O)[O-])n3)CCC2)cc1. The van der Waals surface area contributed by atoms with Crippen LogP contribution >= 0.6 is 0 Å². The molecular weight excluding hydrogens is 443 g/mol. The van der Waals surface area contributed by atoms with Gasteiger partial charge in [-0.25, -0.2) is 4.98 Å². The summed E-state index contributed by atoms with van der Waals surface area (Å²) >= 11 is 0. The molecule has 0 aliphatic heterocycles. The van der Waals surface area contributed by atoms with Crippen LogP contribution < -0.4 is 9.84 Å². The van der Waals surface area contributed by atoms with E-state index < -0.39 is 23.4 Å². The quantitative estimate of drug-likeness (QED) is 0.464. The molecule has 4 rings (SSSR count). The molecule has 0 bridgehead atoms. The topological polar surface area (TPSA) is 62.2 Å². The number of hydrogen-bond donors (Lipinski definition) is 0. The van der Waals surface area contributed by atoms with Crippen LogP contribution in [0.3, 0.4) is 0 Å². The Labute approximate surface area is 195 Å². The Morgan fingerprint density at radius 3 is 2.32 bits per heavy atom. The number of alkyl halides is 3. The molecule has 0 saturated carbocycles. The van der Waals surface area contributed by atoms with Crippen LogP contribution in [0.2, 0.25) is 0 Å². The zero-order valence-corrected chi connectivity index (χ0v) is 18.8. The van der Waals surface area contributed by atoms with Crippen molar-refractivity contribution in [3.63, 3.8) is 0 Å². The van der Waals surface area contributed by atoms with Gasteiger partial charge in [-0.1, -0.05) is 41.5 Å². The van der Waals surface area contributed by atoms with Gasteiger partial charge in [-0.3, -0.25) is 0 Å². The Morgan fingerprint density at radius 1 is 0.971 bits per heavy atom. The summed E-state index contributed by atoms with van der Waals surface area (Å²) in [4.78, 5) is 15.4. The number of aromatic nitrogens is 1. The highest BCUT2D eigenvalue weighted by Gasteiger charge is 2.33. The van der Waals surface area contributed by atoms with Gasteiger partial charge in [0.1, 0.15) is 12.4 Å². The average molecular weight is 466 g/mol. The van der Waals surface area contributed by atoms with Gasteiger partial charge in [0.25, 0.3) is 0 Å². The summed E-state index contributed by atoms with van der Waals surface area (Å²) < 4.78 is 46.5. The van der Waals surface area contributed by atoms with Crippen molar-refractivity contribution >= 4 is 17.1 Å². The minimum absolute atomic E-state index is 0.00696. The number of carboxylic acid groups (broad SMARTS) is 1. The summed E-state index contributed by atoms with van der Waals surface area (Å²) in [6.45, 7) is 4.28. The number of pyridine rings is 1. The van der Waals surface area contributed by atoms with E-state index in [1.807, 2.05) is 56.3 Å². The predicted molar refractivity (Wildman–Crippen MR) is 121 cm³/mol.